The van der Waals surface area contributed by atoms with Crippen molar-refractivity contribution in [2.24, 2.45) is 5.92 Å². The molecule has 1 aliphatic carbocycles. The van der Waals surface area contributed by atoms with Crippen molar-refractivity contribution >= 4 is 17.3 Å². The van der Waals surface area contributed by atoms with Crippen molar-refractivity contribution in [2.45, 2.75) is 19.3 Å². The van der Waals surface area contributed by atoms with Crippen LogP contribution >= 0.6 is 0 Å². The molecule has 3 rings (SSSR count). The van der Waals surface area contributed by atoms with Crippen molar-refractivity contribution in [3.63, 3.8) is 0 Å². The summed E-state index contributed by atoms with van der Waals surface area (Å²) >= 11 is 0. The molecule has 0 unspecified atom stereocenters. The van der Waals surface area contributed by atoms with Crippen LogP contribution < -0.4 is 9.47 Å². The molecule has 0 saturated heterocycles. The standard InChI is InChI=1S/C23H24O5/c1-4-28-23(25)22-20(16-7-11-19(27-3)12-8-16)13-17(14-21(22)24)15-5-9-18(26-2)10-6-15/h5-12,14,20,22H,4,13H2,1-3H3/t20-,22+/m1/s1. The second kappa shape index (κ2) is 8.74. The van der Waals surface area contributed by atoms with Crippen LogP contribution in [0.15, 0.2) is 54.6 Å². The molecule has 0 fully saturated rings. The summed E-state index contributed by atoms with van der Waals surface area (Å²) in [5.41, 5.74) is 2.75. The average molecular weight is 380 g/mol. The Labute approximate surface area is 164 Å². The predicted molar refractivity (Wildman–Crippen MR) is 106 cm³/mol. The Hall–Kier alpha value is -3.08. The maximum Gasteiger partial charge on any atom is 0.317 e. The number of ether oxygens (including phenoxy) is 3. The van der Waals surface area contributed by atoms with Gasteiger partial charge in [0.25, 0.3) is 0 Å². The first-order valence-electron chi connectivity index (χ1n) is 9.26. The zero-order valence-electron chi connectivity index (χ0n) is 16.3. The van der Waals surface area contributed by atoms with Crippen LogP contribution in [0.1, 0.15) is 30.4 Å². The molecule has 2 atom stereocenters. The molecule has 2 aromatic carbocycles. The van der Waals surface area contributed by atoms with Gasteiger partial charge in [0.2, 0.25) is 0 Å². The van der Waals surface area contributed by atoms with Crippen LogP contribution in [0.4, 0.5) is 0 Å². The Morgan fingerprint density at radius 3 is 2.07 bits per heavy atom. The Morgan fingerprint density at radius 1 is 0.964 bits per heavy atom. The van der Waals surface area contributed by atoms with Crippen LogP contribution in [-0.4, -0.2) is 32.6 Å². The maximum absolute atomic E-state index is 12.9. The molecule has 0 aliphatic heterocycles. The van der Waals surface area contributed by atoms with Gasteiger partial charge in [-0.25, -0.2) is 0 Å². The predicted octanol–water partition coefficient (Wildman–Crippen LogP) is 4.02. The smallest absolute Gasteiger partial charge is 0.317 e. The molecular weight excluding hydrogens is 356 g/mol. The highest BCUT2D eigenvalue weighted by Gasteiger charge is 2.39. The molecule has 0 aromatic heterocycles. The SMILES string of the molecule is CCOC(=O)[C@@H]1C(=O)C=C(c2ccc(OC)cc2)C[C@@H]1c1ccc(OC)cc1. The Morgan fingerprint density at radius 2 is 1.54 bits per heavy atom. The first kappa shape index (κ1) is 19.7. The lowest BCUT2D eigenvalue weighted by Gasteiger charge is -2.29. The van der Waals surface area contributed by atoms with E-state index in [2.05, 4.69) is 0 Å². The number of carbonyl (C=O) groups is 2. The van der Waals surface area contributed by atoms with Crippen LogP contribution in [0.25, 0.3) is 5.57 Å². The second-order valence-electron chi connectivity index (χ2n) is 6.61. The number of hydrogen-bond donors (Lipinski definition) is 0. The molecule has 28 heavy (non-hydrogen) atoms. The second-order valence-corrected chi connectivity index (χ2v) is 6.61. The minimum Gasteiger partial charge on any atom is -0.497 e. The molecular formula is C23H24O5. The molecule has 0 spiro atoms. The molecule has 1 aliphatic rings. The third-order valence-electron chi connectivity index (χ3n) is 5.01. The summed E-state index contributed by atoms with van der Waals surface area (Å²) in [7, 11) is 3.22. The van der Waals surface area contributed by atoms with Gasteiger partial charge in [0, 0.05) is 5.92 Å². The van der Waals surface area contributed by atoms with Crippen LogP contribution in [0.2, 0.25) is 0 Å². The van der Waals surface area contributed by atoms with Gasteiger partial charge in [0.1, 0.15) is 17.4 Å². The summed E-state index contributed by atoms with van der Waals surface area (Å²) in [6, 6.07) is 15.1. The molecule has 146 valence electrons. The van der Waals surface area contributed by atoms with Crippen LogP contribution in [0, 0.1) is 5.92 Å². The number of hydrogen-bond acceptors (Lipinski definition) is 5. The lowest BCUT2D eigenvalue weighted by molar-refractivity contribution is -0.151. The van der Waals surface area contributed by atoms with Gasteiger partial charge in [-0.15, -0.1) is 0 Å². The first-order chi connectivity index (χ1) is 13.6. The summed E-state index contributed by atoms with van der Waals surface area (Å²) < 4.78 is 15.6. The number of esters is 1. The van der Waals surface area contributed by atoms with Gasteiger partial charge >= 0.3 is 5.97 Å². The Kier molecular flexibility index (Phi) is 6.14. The fraction of sp³-hybridized carbons (Fsp3) is 0.304. The van der Waals surface area contributed by atoms with E-state index < -0.39 is 11.9 Å². The normalized spacial score (nSPS) is 19.0. The number of allylic oxidation sites excluding steroid dienone is 2. The van der Waals surface area contributed by atoms with Gasteiger partial charge in [-0.1, -0.05) is 24.3 Å². The molecule has 0 N–H and O–H groups in total. The van der Waals surface area contributed by atoms with E-state index in [0.717, 1.165) is 28.2 Å². The van der Waals surface area contributed by atoms with Crippen LogP contribution in [0.3, 0.4) is 0 Å². The lowest BCUT2D eigenvalue weighted by Crippen LogP contribution is -2.34. The number of methoxy groups -OCH3 is 2. The largest absolute Gasteiger partial charge is 0.497 e. The molecule has 0 saturated carbocycles. The van der Waals surface area contributed by atoms with E-state index in [1.165, 1.54) is 0 Å². The van der Waals surface area contributed by atoms with Crippen molar-refractivity contribution in [3.05, 3.63) is 65.7 Å². The van der Waals surface area contributed by atoms with E-state index >= 15 is 0 Å². The van der Waals surface area contributed by atoms with E-state index in [1.54, 1.807) is 27.2 Å². The third-order valence-corrected chi connectivity index (χ3v) is 5.01. The van der Waals surface area contributed by atoms with Crippen molar-refractivity contribution in [3.8, 4) is 11.5 Å². The van der Waals surface area contributed by atoms with E-state index in [1.807, 2.05) is 48.5 Å². The van der Waals surface area contributed by atoms with Gasteiger partial charge in [-0.2, -0.15) is 0 Å². The van der Waals surface area contributed by atoms with Gasteiger partial charge in [0.05, 0.1) is 20.8 Å². The molecule has 0 bridgehead atoms. The summed E-state index contributed by atoms with van der Waals surface area (Å²) in [5.74, 6) is -0.350. The Balaban J connectivity index is 1.98. The van der Waals surface area contributed by atoms with E-state index in [9.17, 15) is 9.59 Å². The fourth-order valence-electron chi connectivity index (χ4n) is 3.55. The molecule has 0 heterocycles. The summed E-state index contributed by atoms with van der Waals surface area (Å²) in [4.78, 5) is 25.4. The molecule has 2 aromatic rings. The minimum absolute atomic E-state index is 0.226. The lowest BCUT2D eigenvalue weighted by atomic mass is 9.73. The maximum atomic E-state index is 12.9. The van der Waals surface area contributed by atoms with Gasteiger partial charge in [-0.3, -0.25) is 9.59 Å². The molecule has 0 amide bonds. The molecule has 5 heteroatoms. The highest BCUT2D eigenvalue weighted by atomic mass is 16.5. The highest BCUT2D eigenvalue weighted by molar-refractivity contribution is 6.10. The summed E-state index contributed by atoms with van der Waals surface area (Å²) in [6.07, 6.45) is 2.14. The van der Waals surface area contributed by atoms with Gasteiger partial charge in [-0.05, 0) is 60.4 Å². The highest BCUT2D eigenvalue weighted by Crippen LogP contribution is 2.41. The fourth-order valence-corrected chi connectivity index (χ4v) is 3.55. The zero-order valence-corrected chi connectivity index (χ0v) is 16.3. The molecule has 0 radical (unpaired) electrons. The first-order valence-corrected chi connectivity index (χ1v) is 9.26. The van der Waals surface area contributed by atoms with Crippen molar-refractivity contribution < 1.29 is 23.8 Å². The van der Waals surface area contributed by atoms with E-state index in [-0.39, 0.29) is 18.3 Å². The monoisotopic (exact) mass is 380 g/mol. The average Bonchev–Trinajstić information content (AvgIpc) is 2.73. The van der Waals surface area contributed by atoms with Gasteiger partial charge in [0.15, 0.2) is 5.78 Å². The van der Waals surface area contributed by atoms with Crippen molar-refractivity contribution in [1.29, 1.82) is 0 Å². The number of carbonyl (C=O) groups excluding carboxylic acids is 2. The Bertz CT molecular complexity index is 865. The third kappa shape index (κ3) is 4.09. The topological polar surface area (TPSA) is 61.8 Å². The summed E-state index contributed by atoms with van der Waals surface area (Å²) in [6.45, 7) is 1.99. The van der Waals surface area contributed by atoms with E-state index in [0.29, 0.717) is 6.42 Å². The van der Waals surface area contributed by atoms with Crippen molar-refractivity contribution in [2.75, 3.05) is 20.8 Å². The zero-order chi connectivity index (χ0) is 20.1. The van der Waals surface area contributed by atoms with Gasteiger partial charge < -0.3 is 14.2 Å². The number of ketones is 1. The summed E-state index contributed by atoms with van der Waals surface area (Å²) in [5, 5.41) is 0. The quantitative estimate of drug-likeness (QED) is 0.559. The minimum atomic E-state index is -0.838. The number of rotatable bonds is 6. The number of benzene rings is 2. The van der Waals surface area contributed by atoms with E-state index in [4.69, 9.17) is 14.2 Å². The van der Waals surface area contributed by atoms with Crippen LogP contribution in [0.5, 0.6) is 11.5 Å². The van der Waals surface area contributed by atoms with Crippen LogP contribution in [-0.2, 0) is 14.3 Å². The molecule has 5 nitrogen and oxygen atoms in total. The van der Waals surface area contributed by atoms with Crippen molar-refractivity contribution in [1.82, 2.24) is 0 Å².